The molecule has 0 bridgehead atoms. The van der Waals surface area contributed by atoms with Gasteiger partial charge in [-0.2, -0.15) is 0 Å². The number of allylic oxidation sites excluding steroid dienone is 22. The molecule has 0 aromatic rings. The maximum atomic E-state index is 12.9. The number of rotatable bonds is 58. The number of hydrogen-bond acceptors (Lipinski definition) is 7. The zero-order valence-electron chi connectivity index (χ0n) is 52.4. The number of ether oxygens (including phenoxy) is 4. The Morgan fingerprint density at radius 3 is 1.05 bits per heavy atom. The molecule has 0 aliphatic heterocycles. The molecule has 1 N–H and O–H groups in total. The van der Waals surface area contributed by atoms with E-state index in [0.29, 0.717) is 23.9 Å². The highest BCUT2D eigenvalue weighted by atomic mass is 16.7. The van der Waals surface area contributed by atoms with E-state index in [4.69, 9.17) is 18.9 Å². The Morgan fingerprint density at radius 1 is 0.383 bits per heavy atom. The van der Waals surface area contributed by atoms with Crippen molar-refractivity contribution in [2.75, 3.05) is 47.5 Å². The van der Waals surface area contributed by atoms with Crippen molar-refractivity contribution >= 4 is 17.9 Å². The standard InChI is InChI=1S/C72H119NO8/c1-6-8-10-12-14-16-18-20-22-24-26-27-28-29-30-31-32-33-34-35-36-37-38-39-40-41-42-43-45-47-49-51-53-55-57-59-61-63-70(75)81-68(67-80-72(71(76)77)78-65-64-73(3,4)5)66-79-69(74)62-60-58-56-54-52-50-48-46-44-25-23-21-19-17-15-13-11-9-7-2/h8,10,14,16,20,22,26-27,29-30,32-33,35-36,38-39,41-42,45,47,51,53,68,72H,6-7,9,11-13,15,17-19,21,23-25,28,31,34,37,40,43-44,46,48-50,52,54-67H2,1-5H3/p+1/b10-8-,16-14-,22-20-,27-26-,30-29-,33-32-,36-35-,39-38-,42-41-,47-45-,53-51-. The average molecular weight is 1130 g/mol. The lowest BCUT2D eigenvalue weighted by Gasteiger charge is -2.25. The molecular formula is C72H120NO8+. The van der Waals surface area contributed by atoms with Gasteiger partial charge in [0.25, 0.3) is 6.29 Å². The Bertz CT molecular complexity index is 1790. The SMILES string of the molecule is CC/C=C\C/C=C\C/C=C\C/C=C\C/C=C\C/C=C\C/C=C\C/C=C\C/C=C\C/C=C\C/C=C\CCCCCC(=O)OC(COC(=O)CCCCCCCCCCCCCCCCCCCCC)COC(OCC[N+](C)(C)C)C(=O)O. The van der Waals surface area contributed by atoms with E-state index in [1.165, 1.54) is 103 Å². The zero-order valence-corrected chi connectivity index (χ0v) is 52.4. The van der Waals surface area contributed by atoms with Crippen LogP contribution in [0.1, 0.15) is 245 Å². The number of unbranched alkanes of at least 4 members (excludes halogenated alkanes) is 21. The summed E-state index contributed by atoms with van der Waals surface area (Å²) in [5, 5.41) is 9.72. The third-order valence-corrected chi connectivity index (χ3v) is 13.4. The van der Waals surface area contributed by atoms with Gasteiger partial charge in [0.1, 0.15) is 13.2 Å². The second-order valence-electron chi connectivity index (χ2n) is 22.3. The molecule has 0 aliphatic carbocycles. The van der Waals surface area contributed by atoms with Gasteiger partial charge in [0.15, 0.2) is 6.10 Å². The molecule has 2 unspecified atom stereocenters. The van der Waals surface area contributed by atoms with Crippen molar-refractivity contribution < 1.29 is 42.9 Å². The lowest BCUT2D eigenvalue weighted by molar-refractivity contribution is -0.870. The summed E-state index contributed by atoms with van der Waals surface area (Å²) in [7, 11) is 5.95. The van der Waals surface area contributed by atoms with Crippen LogP contribution in [0.25, 0.3) is 0 Å². The molecule has 0 heterocycles. The Labute approximate surface area is 497 Å². The molecule has 0 aliphatic rings. The number of likely N-dealkylation sites (N-methyl/N-ethyl adjacent to an activating group) is 1. The molecule has 0 saturated heterocycles. The molecule has 0 aromatic carbocycles. The van der Waals surface area contributed by atoms with Gasteiger partial charge in [0.05, 0.1) is 34.4 Å². The maximum Gasteiger partial charge on any atom is 0.361 e. The number of carboxylic acids is 1. The fraction of sp³-hybridized carbons (Fsp3) is 0.653. The third kappa shape index (κ3) is 62.9. The van der Waals surface area contributed by atoms with Crippen LogP contribution in [0.2, 0.25) is 0 Å². The molecule has 460 valence electrons. The number of esters is 2. The minimum Gasteiger partial charge on any atom is -0.477 e. The topological polar surface area (TPSA) is 108 Å². The molecule has 0 saturated carbocycles. The van der Waals surface area contributed by atoms with Crippen molar-refractivity contribution in [3.05, 3.63) is 134 Å². The molecule has 0 aromatic heterocycles. The summed E-state index contributed by atoms with van der Waals surface area (Å²) in [6.07, 6.45) is 85.5. The third-order valence-electron chi connectivity index (χ3n) is 13.4. The van der Waals surface area contributed by atoms with E-state index < -0.39 is 24.3 Å². The van der Waals surface area contributed by atoms with E-state index in [1.54, 1.807) is 0 Å². The van der Waals surface area contributed by atoms with Gasteiger partial charge in [0, 0.05) is 12.8 Å². The van der Waals surface area contributed by atoms with Gasteiger partial charge in [-0.1, -0.05) is 270 Å². The first kappa shape index (κ1) is 76.4. The number of aliphatic carboxylic acids is 1. The summed E-state index contributed by atoms with van der Waals surface area (Å²) in [6, 6.07) is 0. The Morgan fingerprint density at radius 2 is 0.704 bits per heavy atom. The molecule has 0 spiro atoms. The summed E-state index contributed by atoms with van der Waals surface area (Å²) in [5.74, 6) is -2.06. The highest BCUT2D eigenvalue weighted by Crippen LogP contribution is 2.16. The monoisotopic (exact) mass is 1130 g/mol. The van der Waals surface area contributed by atoms with Crippen LogP contribution in [0.3, 0.4) is 0 Å². The van der Waals surface area contributed by atoms with Gasteiger partial charge >= 0.3 is 17.9 Å². The lowest BCUT2D eigenvalue weighted by Crippen LogP contribution is -2.40. The largest absolute Gasteiger partial charge is 0.477 e. The molecule has 9 nitrogen and oxygen atoms in total. The molecule has 0 amide bonds. The molecule has 81 heavy (non-hydrogen) atoms. The van der Waals surface area contributed by atoms with Gasteiger partial charge in [-0.15, -0.1) is 0 Å². The minimum absolute atomic E-state index is 0.175. The van der Waals surface area contributed by atoms with Crippen LogP contribution in [0, 0.1) is 0 Å². The summed E-state index contributed by atoms with van der Waals surface area (Å²) in [6.45, 7) is 4.73. The molecule has 0 rings (SSSR count). The maximum absolute atomic E-state index is 12.9. The summed E-state index contributed by atoms with van der Waals surface area (Å²) in [5.41, 5.74) is 0. The Kier molecular flexibility index (Phi) is 58.0. The first-order valence-corrected chi connectivity index (χ1v) is 32.3. The number of quaternary nitrogens is 1. The predicted octanol–water partition coefficient (Wildman–Crippen LogP) is 19.8. The summed E-state index contributed by atoms with van der Waals surface area (Å²) < 4.78 is 22.9. The molecule has 0 radical (unpaired) electrons. The molecule has 2 atom stereocenters. The highest BCUT2D eigenvalue weighted by Gasteiger charge is 2.25. The van der Waals surface area contributed by atoms with Crippen molar-refractivity contribution in [3.63, 3.8) is 0 Å². The van der Waals surface area contributed by atoms with Crippen molar-refractivity contribution in [2.24, 2.45) is 0 Å². The summed E-state index contributed by atoms with van der Waals surface area (Å²) >= 11 is 0. The molecule has 9 heteroatoms. The van der Waals surface area contributed by atoms with Crippen LogP contribution < -0.4 is 0 Å². The zero-order chi connectivity index (χ0) is 59.1. The molecular weight excluding hydrogens is 1010 g/mol. The highest BCUT2D eigenvalue weighted by molar-refractivity contribution is 5.71. The lowest BCUT2D eigenvalue weighted by atomic mass is 10.0. The van der Waals surface area contributed by atoms with E-state index in [2.05, 4.69) is 148 Å². The first-order valence-electron chi connectivity index (χ1n) is 32.3. The van der Waals surface area contributed by atoms with E-state index in [1.807, 2.05) is 21.1 Å². The van der Waals surface area contributed by atoms with Crippen LogP contribution in [0.4, 0.5) is 0 Å². The normalized spacial score (nSPS) is 13.6. The second-order valence-corrected chi connectivity index (χ2v) is 22.3. The summed E-state index contributed by atoms with van der Waals surface area (Å²) in [4.78, 5) is 37.5. The quantitative estimate of drug-likeness (QED) is 0.0211. The average Bonchev–Trinajstić information content (AvgIpc) is 3.44. The van der Waals surface area contributed by atoms with E-state index in [0.717, 1.165) is 109 Å². The van der Waals surface area contributed by atoms with Gasteiger partial charge < -0.3 is 28.5 Å². The Balaban J connectivity index is 4.28. The first-order chi connectivity index (χ1) is 39.6. The second kappa shape index (κ2) is 61.5. The van der Waals surface area contributed by atoms with E-state index in [-0.39, 0.29) is 32.2 Å². The van der Waals surface area contributed by atoms with Gasteiger partial charge in [0.2, 0.25) is 0 Å². The van der Waals surface area contributed by atoms with Crippen LogP contribution >= 0.6 is 0 Å². The number of carbonyl (C=O) groups excluding carboxylic acids is 2. The van der Waals surface area contributed by atoms with Crippen molar-refractivity contribution in [2.45, 2.75) is 257 Å². The van der Waals surface area contributed by atoms with Crippen LogP contribution in [-0.2, 0) is 33.3 Å². The van der Waals surface area contributed by atoms with Gasteiger partial charge in [-0.25, -0.2) is 4.79 Å². The fourth-order valence-corrected chi connectivity index (χ4v) is 8.49. The predicted molar refractivity (Wildman–Crippen MR) is 345 cm³/mol. The number of carbonyl (C=O) groups is 3. The molecule has 0 fully saturated rings. The van der Waals surface area contributed by atoms with Crippen molar-refractivity contribution in [3.8, 4) is 0 Å². The van der Waals surface area contributed by atoms with Crippen molar-refractivity contribution in [1.29, 1.82) is 0 Å². The van der Waals surface area contributed by atoms with E-state index >= 15 is 0 Å². The minimum atomic E-state index is -1.53. The number of nitrogens with zero attached hydrogens (tertiary/aromatic N) is 1. The van der Waals surface area contributed by atoms with Crippen LogP contribution in [0.5, 0.6) is 0 Å². The number of carboxylic acid groups (broad SMARTS) is 1. The van der Waals surface area contributed by atoms with Crippen molar-refractivity contribution in [1.82, 2.24) is 0 Å². The number of hydrogen-bond donors (Lipinski definition) is 1. The fourth-order valence-electron chi connectivity index (χ4n) is 8.49. The smallest absolute Gasteiger partial charge is 0.361 e. The van der Waals surface area contributed by atoms with Gasteiger partial charge in [-0.3, -0.25) is 9.59 Å². The van der Waals surface area contributed by atoms with E-state index in [9.17, 15) is 19.5 Å². The van der Waals surface area contributed by atoms with Crippen LogP contribution in [0.15, 0.2) is 134 Å². The Hall–Kier alpha value is -4.57. The van der Waals surface area contributed by atoms with Crippen LogP contribution in [-0.4, -0.2) is 87.4 Å². The van der Waals surface area contributed by atoms with Gasteiger partial charge in [-0.05, 0) is 96.3 Å².